The molecule has 0 aromatic heterocycles. The lowest BCUT2D eigenvalue weighted by Crippen LogP contribution is -2.53. The minimum absolute atomic E-state index is 0.0907. The van der Waals surface area contributed by atoms with E-state index in [1.807, 2.05) is 12.1 Å². The number of carbonyl (C=O) groups excluding carboxylic acids is 2. The van der Waals surface area contributed by atoms with Crippen molar-refractivity contribution < 1.29 is 28.2 Å². The van der Waals surface area contributed by atoms with E-state index in [1.54, 1.807) is 6.92 Å². The van der Waals surface area contributed by atoms with Gasteiger partial charge in [-0.15, -0.1) is 0 Å². The Labute approximate surface area is 217 Å². The number of rotatable bonds is 12. The minimum atomic E-state index is -0.985. The maximum Gasteiger partial charge on any atom is 0.306 e. The number of aliphatic hydroxyl groups is 1. The number of amides is 1. The van der Waals surface area contributed by atoms with Gasteiger partial charge in [-0.05, 0) is 61.4 Å². The van der Waals surface area contributed by atoms with Crippen LogP contribution in [0, 0.1) is 11.6 Å². The van der Waals surface area contributed by atoms with Crippen LogP contribution in [0.2, 0.25) is 0 Å². The summed E-state index contributed by atoms with van der Waals surface area (Å²) in [6, 6.07) is 10.7. The van der Waals surface area contributed by atoms with E-state index in [-0.39, 0.29) is 30.4 Å². The van der Waals surface area contributed by atoms with E-state index >= 15 is 0 Å². The Morgan fingerprint density at radius 3 is 2.41 bits per heavy atom. The number of carbonyl (C=O) groups is 2. The first kappa shape index (κ1) is 28.7. The summed E-state index contributed by atoms with van der Waals surface area (Å²) in [6.07, 6.45) is 4.99. The van der Waals surface area contributed by atoms with Crippen LogP contribution >= 0.6 is 0 Å². The van der Waals surface area contributed by atoms with Gasteiger partial charge in [0.25, 0.3) is 0 Å². The summed E-state index contributed by atoms with van der Waals surface area (Å²) in [5.74, 6) is -1.95. The Balaban J connectivity index is 1.75. The highest BCUT2D eigenvalue weighted by atomic mass is 19.1. The maximum absolute atomic E-state index is 13.7. The molecule has 1 aliphatic carbocycles. The first-order valence-electron chi connectivity index (χ1n) is 13.1. The van der Waals surface area contributed by atoms with Crippen LogP contribution in [0.5, 0.6) is 0 Å². The number of aliphatic hydroxyl groups excluding tert-OH is 1. The first-order chi connectivity index (χ1) is 17.7. The van der Waals surface area contributed by atoms with Crippen molar-refractivity contribution in [2.24, 2.45) is 0 Å². The number of aryl methyl sites for hydroxylation is 1. The van der Waals surface area contributed by atoms with E-state index in [4.69, 9.17) is 4.74 Å². The second kappa shape index (κ2) is 13.6. The summed E-state index contributed by atoms with van der Waals surface area (Å²) in [4.78, 5) is 23.7. The maximum atomic E-state index is 13.7. The van der Waals surface area contributed by atoms with E-state index in [0.717, 1.165) is 49.3 Å². The summed E-state index contributed by atoms with van der Waals surface area (Å²) < 4.78 is 32.5. The lowest BCUT2D eigenvalue weighted by molar-refractivity contribution is -0.143. The van der Waals surface area contributed by atoms with Gasteiger partial charge in [0.15, 0.2) is 0 Å². The molecule has 2 aromatic rings. The molecule has 1 saturated carbocycles. The Morgan fingerprint density at radius 2 is 1.76 bits per heavy atom. The number of esters is 1. The molecule has 0 aliphatic heterocycles. The fourth-order valence-corrected chi connectivity index (χ4v) is 5.20. The van der Waals surface area contributed by atoms with Crippen LogP contribution in [0.1, 0.15) is 69.1 Å². The van der Waals surface area contributed by atoms with Gasteiger partial charge in [0.2, 0.25) is 5.91 Å². The van der Waals surface area contributed by atoms with Crippen molar-refractivity contribution in [3.05, 3.63) is 70.8 Å². The smallest absolute Gasteiger partial charge is 0.306 e. The minimum Gasteiger partial charge on any atom is -0.466 e. The highest BCUT2D eigenvalue weighted by Crippen LogP contribution is 2.37. The van der Waals surface area contributed by atoms with Gasteiger partial charge in [-0.1, -0.05) is 43.5 Å². The molecular formula is C29H38F2N2O4. The molecule has 8 heteroatoms. The number of benzene rings is 2. The first-order valence-corrected chi connectivity index (χ1v) is 13.1. The van der Waals surface area contributed by atoms with Crippen LogP contribution in [0.25, 0.3) is 0 Å². The number of ether oxygens (including phenoxy) is 1. The van der Waals surface area contributed by atoms with Gasteiger partial charge in [0.05, 0.1) is 18.8 Å². The molecule has 0 heterocycles. The van der Waals surface area contributed by atoms with Crippen LogP contribution in [-0.4, -0.2) is 42.3 Å². The zero-order chi connectivity index (χ0) is 26.8. The molecule has 0 radical (unpaired) electrons. The molecule has 37 heavy (non-hydrogen) atoms. The van der Waals surface area contributed by atoms with E-state index < -0.39 is 23.8 Å². The van der Waals surface area contributed by atoms with E-state index in [9.17, 15) is 23.5 Å². The van der Waals surface area contributed by atoms with Crippen molar-refractivity contribution in [2.75, 3.05) is 13.2 Å². The Hall–Kier alpha value is -2.84. The molecule has 3 N–H and O–H groups in total. The molecule has 1 fully saturated rings. The molecular weight excluding hydrogens is 478 g/mol. The Morgan fingerprint density at radius 1 is 1.05 bits per heavy atom. The van der Waals surface area contributed by atoms with Crippen molar-refractivity contribution in [2.45, 2.75) is 82.9 Å². The van der Waals surface area contributed by atoms with Gasteiger partial charge < -0.3 is 20.5 Å². The predicted octanol–water partition coefficient (Wildman–Crippen LogP) is 4.32. The number of nitrogens with one attached hydrogen (secondary N) is 2. The SMILES string of the molecule is CCOC(=O)CCc1cccc(C2(NCC(O)C(Cc3cc(F)cc(F)c3)NC(C)=O)CCCCC2)c1. The number of hydrogen-bond acceptors (Lipinski definition) is 5. The van der Waals surface area contributed by atoms with Crippen LogP contribution < -0.4 is 10.6 Å². The predicted molar refractivity (Wildman–Crippen MR) is 138 cm³/mol. The molecule has 2 aromatic carbocycles. The van der Waals surface area contributed by atoms with Crippen molar-refractivity contribution in [1.29, 1.82) is 0 Å². The third-order valence-electron chi connectivity index (χ3n) is 6.99. The van der Waals surface area contributed by atoms with E-state index in [0.29, 0.717) is 25.0 Å². The van der Waals surface area contributed by atoms with Crippen molar-refractivity contribution in [1.82, 2.24) is 10.6 Å². The molecule has 1 aliphatic rings. The van der Waals surface area contributed by atoms with Crippen LogP contribution in [0.15, 0.2) is 42.5 Å². The molecule has 0 saturated heterocycles. The fraction of sp³-hybridized carbons (Fsp3) is 0.517. The zero-order valence-corrected chi connectivity index (χ0v) is 21.7. The Bertz CT molecular complexity index is 1040. The van der Waals surface area contributed by atoms with Crippen molar-refractivity contribution in [3.63, 3.8) is 0 Å². The normalized spacial score (nSPS) is 16.6. The lowest BCUT2D eigenvalue weighted by Gasteiger charge is -2.40. The third kappa shape index (κ3) is 8.61. The van der Waals surface area contributed by atoms with Gasteiger partial charge in [-0.2, -0.15) is 0 Å². The second-order valence-electron chi connectivity index (χ2n) is 9.89. The average molecular weight is 517 g/mol. The largest absolute Gasteiger partial charge is 0.466 e. The summed E-state index contributed by atoms with van der Waals surface area (Å²) in [6.45, 7) is 3.69. The number of hydrogen-bond donors (Lipinski definition) is 3. The molecule has 0 spiro atoms. The van der Waals surface area contributed by atoms with Gasteiger partial charge in [0, 0.05) is 31.5 Å². The van der Waals surface area contributed by atoms with E-state index in [1.165, 1.54) is 19.1 Å². The van der Waals surface area contributed by atoms with E-state index in [2.05, 4.69) is 22.8 Å². The molecule has 0 bridgehead atoms. The average Bonchev–Trinajstić information content (AvgIpc) is 2.86. The summed E-state index contributed by atoms with van der Waals surface area (Å²) in [5.41, 5.74) is 2.15. The van der Waals surface area contributed by atoms with Crippen LogP contribution in [0.3, 0.4) is 0 Å². The molecule has 6 nitrogen and oxygen atoms in total. The molecule has 2 unspecified atom stereocenters. The van der Waals surface area contributed by atoms with Gasteiger partial charge in [-0.3, -0.25) is 9.59 Å². The van der Waals surface area contributed by atoms with Crippen LogP contribution in [-0.2, 0) is 32.7 Å². The number of halogens is 2. The standard InChI is InChI=1S/C29H38F2N2O4/c1-3-37-28(36)11-10-21-8-7-9-23(14-21)29(12-5-4-6-13-29)32-19-27(35)26(33-20(2)34)17-22-15-24(30)18-25(31)16-22/h7-9,14-16,18,26-27,32,35H,3-6,10-13,17,19H2,1-2H3,(H,33,34). The molecule has 202 valence electrons. The van der Waals surface area contributed by atoms with Gasteiger partial charge in [0.1, 0.15) is 11.6 Å². The third-order valence-corrected chi connectivity index (χ3v) is 6.99. The zero-order valence-electron chi connectivity index (χ0n) is 21.7. The topological polar surface area (TPSA) is 87.7 Å². The van der Waals surface area contributed by atoms with Gasteiger partial charge >= 0.3 is 5.97 Å². The van der Waals surface area contributed by atoms with Crippen LogP contribution in [0.4, 0.5) is 8.78 Å². The summed E-state index contributed by atoms with van der Waals surface area (Å²) >= 11 is 0. The quantitative estimate of drug-likeness (QED) is 0.366. The second-order valence-corrected chi connectivity index (χ2v) is 9.89. The highest BCUT2D eigenvalue weighted by molar-refractivity contribution is 5.73. The summed E-state index contributed by atoms with van der Waals surface area (Å²) in [7, 11) is 0. The molecule has 1 amide bonds. The monoisotopic (exact) mass is 516 g/mol. The lowest BCUT2D eigenvalue weighted by atomic mass is 9.76. The van der Waals surface area contributed by atoms with Crippen molar-refractivity contribution in [3.8, 4) is 0 Å². The van der Waals surface area contributed by atoms with Gasteiger partial charge in [-0.25, -0.2) is 8.78 Å². The summed E-state index contributed by atoms with van der Waals surface area (Å²) in [5, 5.41) is 17.4. The fourth-order valence-electron chi connectivity index (χ4n) is 5.20. The Kier molecular flexibility index (Phi) is 10.6. The van der Waals surface area contributed by atoms with Crippen molar-refractivity contribution >= 4 is 11.9 Å². The molecule has 3 rings (SSSR count). The highest BCUT2D eigenvalue weighted by Gasteiger charge is 2.35. The molecule has 2 atom stereocenters.